The van der Waals surface area contributed by atoms with E-state index < -0.39 is 0 Å². The molecule has 170 valence electrons. The molecule has 1 amide bonds. The highest BCUT2D eigenvalue weighted by molar-refractivity contribution is 8.26. The fraction of sp³-hybridized carbons (Fsp3) is 0.360. The molecule has 3 rings (SSSR count). The van der Waals surface area contributed by atoms with E-state index in [0.717, 1.165) is 24.2 Å². The van der Waals surface area contributed by atoms with E-state index in [9.17, 15) is 4.79 Å². The molecule has 1 aliphatic heterocycles. The molecule has 5 nitrogen and oxygen atoms in total. The van der Waals surface area contributed by atoms with Gasteiger partial charge in [0.15, 0.2) is 11.5 Å². The normalized spacial score (nSPS) is 15.9. The molecule has 1 heterocycles. The maximum absolute atomic E-state index is 12.2. The van der Waals surface area contributed by atoms with E-state index in [4.69, 9.17) is 26.4 Å². The van der Waals surface area contributed by atoms with Gasteiger partial charge in [0, 0.05) is 13.5 Å². The SMILES string of the molecule is CCC(C)c1ccccc1OCCCOc1ccc(/C=C2/SC(=S)N(C)C2=O)cc1OC. The van der Waals surface area contributed by atoms with Gasteiger partial charge in [-0.3, -0.25) is 9.69 Å². The molecular weight excluding hydrogens is 442 g/mol. The molecular formula is C25H29NO4S2. The van der Waals surface area contributed by atoms with Crippen molar-refractivity contribution in [3.8, 4) is 17.2 Å². The first-order chi connectivity index (χ1) is 15.4. The molecule has 1 aliphatic rings. The molecule has 32 heavy (non-hydrogen) atoms. The van der Waals surface area contributed by atoms with E-state index in [2.05, 4.69) is 26.0 Å². The first-order valence-electron chi connectivity index (χ1n) is 10.7. The number of benzene rings is 2. The molecule has 1 atom stereocenters. The molecule has 1 saturated heterocycles. The summed E-state index contributed by atoms with van der Waals surface area (Å²) in [5.74, 6) is 2.60. The molecule has 2 aromatic carbocycles. The number of rotatable bonds is 10. The molecule has 2 aromatic rings. The molecule has 0 radical (unpaired) electrons. The summed E-state index contributed by atoms with van der Waals surface area (Å²) in [6.07, 6.45) is 3.64. The number of carbonyl (C=O) groups excluding carboxylic acids is 1. The second-order valence-corrected chi connectivity index (χ2v) is 9.22. The number of methoxy groups -OCH3 is 1. The average molecular weight is 472 g/mol. The standard InChI is InChI=1S/C25H29NO4S2/c1-5-17(2)19-9-6-7-10-20(19)29-13-8-14-30-21-12-11-18(15-22(21)28-4)16-23-24(27)26(3)25(31)32-23/h6-7,9-12,15-17H,5,8,13-14H2,1-4H3/b23-16+. The van der Waals surface area contributed by atoms with E-state index in [0.29, 0.717) is 39.9 Å². The van der Waals surface area contributed by atoms with Gasteiger partial charge in [-0.1, -0.05) is 62.1 Å². The number of thiocarbonyl (C=S) groups is 1. The fourth-order valence-corrected chi connectivity index (χ4v) is 4.43. The lowest BCUT2D eigenvalue weighted by Crippen LogP contribution is -2.22. The van der Waals surface area contributed by atoms with Crippen LogP contribution < -0.4 is 14.2 Å². The Labute approximate surface area is 199 Å². The smallest absolute Gasteiger partial charge is 0.265 e. The number of thioether (sulfide) groups is 1. The number of amides is 1. The lowest BCUT2D eigenvalue weighted by Gasteiger charge is -2.16. The third kappa shape index (κ3) is 5.84. The van der Waals surface area contributed by atoms with Gasteiger partial charge in [0.25, 0.3) is 5.91 Å². The number of nitrogens with zero attached hydrogens (tertiary/aromatic N) is 1. The Bertz CT molecular complexity index is 1010. The lowest BCUT2D eigenvalue weighted by molar-refractivity contribution is -0.121. The van der Waals surface area contributed by atoms with E-state index >= 15 is 0 Å². The van der Waals surface area contributed by atoms with Gasteiger partial charge >= 0.3 is 0 Å². The van der Waals surface area contributed by atoms with Gasteiger partial charge in [0.05, 0.1) is 25.2 Å². The van der Waals surface area contributed by atoms with Crippen LogP contribution in [0.25, 0.3) is 6.08 Å². The summed E-state index contributed by atoms with van der Waals surface area (Å²) < 4.78 is 18.0. The van der Waals surface area contributed by atoms with Crippen molar-refractivity contribution >= 4 is 40.3 Å². The molecule has 0 N–H and O–H groups in total. The van der Waals surface area contributed by atoms with Crippen molar-refractivity contribution in [1.29, 1.82) is 0 Å². The number of carbonyl (C=O) groups is 1. The highest BCUT2D eigenvalue weighted by Crippen LogP contribution is 2.34. The maximum Gasteiger partial charge on any atom is 0.265 e. The van der Waals surface area contributed by atoms with Crippen LogP contribution in [0.15, 0.2) is 47.4 Å². The van der Waals surface area contributed by atoms with E-state index in [-0.39, 0.29) is 5.91 Å². The monoisotopic (exact) mass is 471 g/mol. The maximum atomic E-state index is 12.2. The lowest BCUT2D eigenvalue weighted by atomic mass is 9.98. The van der Waals surface area contributed by atoms with Gasteiger partial charge in [0.1, 0.15) is 10.1 Å². The van der Waals surface area contributed by atoms with Crippen molar-refractivity contribution in [2.75, 3.05) is 27.4 Å². The van der Waals surface area contributed by atoms with E-state index in [1.807, 2.05) is 36.4 Å². The summed E-state index contributed by atoms with van der Waals surface area (Å²) in [6, 6.07) is 13.8. The van der Waals surface area contributed by atoms with Gasteiger partial charge in [-0.05, 0) is 47.7 Å². The van der Waals surface area contributed by atoms with Crippen molar-refractivity contribution < 1.29 is 19.0 Å². The number of para-hydroxylation sites is 1. The Morgan fingerprint density at radius 3 is 2.47 bits per heavy atom. The predicted molar refractivity (Wildman–Crippen MR) is 135 cm³/mol. The van der Waals surface area contributed by atoms with E-state index in [1.165, 1.54) is 22.2 Å². The van der Waals surface area contributed by atoms with Crippen LogP contribution >= 0.6 is 24.0 Å². The van der Waals surface area contributed by atoms with Crippen LogP contribution in [-0.2, 0) is 4.79 Å². The number of ether oxygens (including phenoxy) is 3. The number of likely N-dealkylation sites (N-methyl/N-ethyl adjacent to an activating group) is 1. The minimum Gasteiger partial charge on any atom is -0.493 e. The molecule has 7 heteroatoms. The number of hydrogen-bond donors (Lipinski definition) is 0. The van der Waals surface area contributed by atoms with Gasteiger partial charge in [-0.2, -0.15) is 0 Å². The molecule has 0 spiro atoms. The van der Waals surface area contributed by atoms with Crippen LogP contribution in [0.3, 0.4) is 0 Å². The largest absolute Gasteiger partial charge is 0.493 e. The molecule has 0 aliphatic carbocycles. The second kappa shape index (κ2) is 11.4. The molecule has 0 saturated carbocycles. The van der Waals surface area contributed by atoms with E-state index in [1.54, 1.807) is 14.2 Å². The van der Waals surface area contributed by atoms with Crippen LogP contribution in [0.1, 0.15) is 43.7 Å². The number of hydrogen-bond acceptors (Lipinski definition) is 6. The zero-order valence-electron chi connectivity index (χ0n) is 18.9. The third-order valence-electron chi connectivity index (χ3n) is 5.34. The zero-order valence-corrected chi connectivity index (χ0v) is 20.6. The highest BCUT2D eigenvalue weighted by atomic mass is 32.2. The summed E-state index contributed by atoms with van der Waals surface area (Å²) in [4.78, 5) is 14.3. The Hall–Kier alpha value is -2.51. The second-order valence-electron chi connectivity index (χ2n) is 7.55. The van der Waals surface area contributed by atoms with Crippen molar-refractivity contribution in [1.82, 2.24) is 4.90 Å². The molecule has 1 fully saturated rings. The van der Waals surface area contributed by atoms with Gasteiger partial charge in [0.2, 0.25) is 0 Å². The van der Waals surface area contributed by atoms with Gasteiger partial charge in [-0.15, -0.1) is 0 Å². The first-order valence-corrected chi connectivity index (χ1v) is 11.9. The first kappa shape index (κ1) is 24.1. The van der Waals surface area contributed by atoms with Crippen LogP contribution in [0, 0.1) is 0 Å². The Morgan fingerprint density at radius 2 is 1.81 bits per heavy atom. The predicted octanol–water partition coefficient (Wildman–Crippen LogP) is 5.89. The quantitative estimate of drug-likeness (QED) is 0.245. The molecule has 1 unspecified atom stereocenters. The summed E-state index contributed by atoms with van der Waals surface area (Å²) in [6.45, 7) is 5.48. The van der Waals surface area contributed by atoms with Gasteiger partial charge < -0.3 is 14.2 Å². The van der Waals surface area contributed by atoms with Crippen molar-refractivity contribution in [2.45, 2.75) is 32.6 Å². The Morgan fingerprint density at radius 1 is 1.09 bits per heavy atom. The third-order valence-corrected chi connectivity index (χ3v) is 6.82. The fourth-order valence-electron chi connectivity index (χ4n) is 3.25. The zero-order chi connectivity index (χ0) is 23.1. The average Bonchev–Trinajstić information content (AvgIpc) is 3.05. The van der Waals surface area contributed by atoms with Crippen LogP contribution in [0.5, 0.6) is 17.2 Å². The summed E-state index contributed by atoms with van der Waals surface area (Å²) >= 11 is 6.48. The van der Waals surface area contributed by atoms with Gasteiger partial charge in [-0.25, -0.2) is 0 Å². The summed E-state index contributed by atoms with van der Waals surface area (Å²) in [5, 5.41) is 0. The van der Waals surface area contributed by atoms with Crippen molar-refractivity contribution in [2.24, 2.45) is 0 Å². The minimum absolute atomic E-state index is 0.0887. The summed E-state index contributed by atoms with van der Waals surface area (Å²) in [7, 11) is 3.29. The van der Waals surface area contributed by atoms with Crippen molar-refractivity contribution in [3.05, 3.63) is 58.5 Å². The van der Waals surface area contributed by atoms with Crippen LogP contribution in [0.4, 0.5) is 0 Å². The van der Waals surface area contributed by atoms with Crippen molar-refractivity contribution in [3.63, 3.8) is 0 Å². The minimum atomic E-state index is -0.0887. The molecule has 0 aromatic heterocycles. The van der Waals surface area contributed by atoms with Crippen LogP contribution in [0.2, 0.25) is 0 Å². The highest BCUT2D eigenvalue weighted by Gasteiger charge is 2.28. The van der Waals surface area contributed by atoms with Crippen LogP contribution in [-0.4, -0.2) is 42.5 Å². The topological polar surface area (TPSA) is 48.0 Å². The Balaban J connectivity index is 1.55. The Kier molecular flexibility index (Phi) is 8.59. The molecule has 0 bridgehead atoms. The summed E-state index contributed by atoms with van der Waals surface area (Å²) in [5.41, 5.74) is 2.10.